The molecule has 1 saturated heterocycles. The molecule has 5 rings (SSSR count). The lowest BCUT2D eigenvalue weighted by atomic mass is 9.97. The molecular weight excluding hydrogens is 630 g/mol. The molecule has 0 bridgehead atoms. The van der Waals surface area contributed by atoms with E-state index in [1.165, 1.54) is 11.8 Å². The summed E-state index contributed by atoms with van der Waals surface area (Å²) in [5, 5.41) is 30.9. The van der Waals surface area contributed by atoms with E-state index in [1.54, 1.807) is 18.2 Å². The predicted octanol–water partition coefficient (Wildman–Crippen LogP) is 7.14. The molecule has 1 aliphatic heterocycles. The normalized spacial score (nSPS) is 17.5. The third kappa shape index (κ3) is 9.54. The van der Waals surface area contributed by atoms with E-state index in [0.29, 0.717) is 36.5 Å². The van der Waals surface area contributed by atoms with Crippen LogP contribution in [0.5, 0.6) is 0 Å². The second-order valence-corrected chi connectivity index (χ2v) is 12.7. The average Bonchev–Trinajstić information content (AvgIpc) is 3.11. The first-order valence-electron chi connectivity index (χ1n) is 15.9. The van der Waals surface area contributed by atoms with E-state index in [9.17, 15) is 24.6 Å². The monoisotopic (exact) mass is 669 g/mol. The molecular formula is C38H39NO8S. The Balaban J connectivity index is 1.29. The SMILES string of the molecule is O=C(O)CCCCC(=O)NCc1ccccc1-c1ccc([C@H]2O[C@@H](CSc3ccccc3C(=O)O)C[C@@H](c3ccc(CO)cc3)O2)cc1. The van der Waals surface area contributed by atoms with Gasteiger partial charge in [-0.1, -0.05) is 84.9 Å². The van der Waals surface area contributed by atoms with Crippen molar-refractivity contribution in [3.63, 3.8) is 0 Å². The Bertz CT molecular complexity index is 1690. The van der Waals surface area contributed by atoms with Crippen LogP contribution in [0.4, 0.5) is 0 Å². The predicted molar refractivity (Wildman–Crippen MR) is 182 cm³/mol. The number of aliphatic carboxylic acids is 1. The van der Waals surface area contributed by atoms with Crippen molar-refractivity contribution in [3.8, 4) is 11.1 Å². The largest absolute Gasteiger partial charge is 0.481 e. The fourth-order valence-electron chi connectivity index (χ4n) is 5.59. The van der Waals surface area contributed by atoms with Gasteiger partial charge in [-0.2, -0.15) is 0 Å². The number of amides is 1. The molecule has 4 N–H and O–H groups in total. The number of unbranched alkanes of at least 4 members (excludes halogenated alkanes) is 1. The van der Waals surface area contributed by atoms with Gasteiger partial charge >= 0.3 is 11.9 Å². The maximum absolute atomic E-state index is 12.4. The summed E-state index contributed by atoms with van der Waals surface area (Å²) in [5.41, 5.74) is 5.78. The number of hydrogen-bond donors (Lipinski definition) is 4. The van der Waals surface area contributed by atoms with Crippen molar-refractivity contribution in [3.05, 3.63) is 125 Å². The number of hydrogen-bond acceptors (Lipinski definition) is 7. The van der Waals surface area contributed by atoms with Crippen molar-refractivity contribution in [1.82, 2.24) is 5.32 Å². The van der Waals surface area contributed by atoms with Crippen LogP contribution in [0, 0.1) is 0 Å². The number of carbonyl (C=O) groups is 3. The maximum Gasteiger partial charge on any atom is 0.336 e. The Morgan fingerprint density at radius 3 is 2.21 bits per heavy atom. The minimum atomic E-state index is -0.970. The molecule has 0 saturated carbocycles. The first-order chi connectivity index (χ1) is 23.3. The minimum absolute atomic E-state index is 0.0454. The number of nitrogens with one attached hydrogen (secondary N) is 1. The Labute approximate surface area is 283 Å². The summed E-state index contributed by atoms with van der Waals surface area (Å²) in [6.45, 7) is 0.307. The quantitative estimate of drug-likeness (QED) is 0.0767. The second-order valence-electron chi connectivity index (χ2n) is 11.6. The van der Waals surface area contributed by atoms with Gasteiger partial charge in [0.15, 0.2) is 6.29 Å². The highest BCUT2D eigenvalue weighted by Gasteiger charge is 2.32. The van der Waals surface area contributed by atoms with Gasteiger partial charge in [-0.05, 0) is 52.8 Å². The fraction of sp³-hybridized carbons (Fsp3) is 0.289. The second kappa shape index (κ2) is 17.1. The number of carbonyl (C=O) groups excluding carboxylic acids is 1. The zero-order valence-corrected chi connectivity index (χ0v) is 27.2. The molecule has 0 aliphatic carbocycles. The highest BCUT2D eigenvalue weighted by Crippen LogP contribution is 2.40. The van der Waals surface area contributed by atoms with Crippen molar-refractivity contribution in [2.75, 3.05) is 5.75 Å². The Morgan fingerprint density at radius 1 is 0.792 bits per heavy atom. The van der Waals surface area contributed by atoms with Crippen molar-refractivity contribution >= 4 is 29.6 Å². The van der Waals surface area contributed by atoms with Gasteiger partial charge in [-0.15, -0.1) is 11.8 Å². The van der Waals surface area contributed by atoms with Crippen LogP contribution in [0.2, 0.25) is 0 Å². The van der Waals surface area contributed by atoms with Gasteiger partial charge < -0.3 is 30.1 Å². The molecule has 1 fully saturated rings. The molecule has 0 spiro atoms. The van der Waals surface area contributed by atoms with E-state index < -0.39 is 18.2 Å². The van der Waals surface area contributed by atoms with Gasteiger partial charge in [0.1, 0.15) is 0 Å². The molecule has 9 nitrogen and oxygen atoms in total. The number of aliphatic hydroxyl groups excluding tert-OH is 1. The van der Waals surface area contributed by atoms with Gasteiger partial charge in [-0.25, -0.2) is 4.79 Å². The first kappa shape index (κ1) is 34.8. The van der Waals surface area contributed by atoms with Crippen LogP contribution < -0.4 is 5.32 Å². The molecule has 1 heterocycles. The first-order valence-corrected chi connectivity index (χ1v) is 16.9. The molecule has 0 unspecified atom stereocenters. The van der Waals surface area contributed by atoms with Gasteiger partial charge in [0, 0.05) is 42.0 Å². The van der Waals surface area contributed by atoms with Crippen molar-refractivity contribution in [1.29, 1.82) is 0 Å². The summed E-state index contributed by atoms with van der Waals surface area (Å²) in [6.07, 6.45) is 0.744. The molecule has 10 heteroatoms. The smallest absolute Gasteiger partial charge is 0.336 e. The van der Waals surface area contributed by atoms with Crippen LogP contribution in [0.3, 0.4) is 0 Å². The minimum Gasteiger partial charge on any atom is -0.481 e. The summed E-state index contributed by atoms with van der Waals surface area (Å²) in [7, 11) is 0. The number of thioether (sulfide) groups is 1. The number of ether oxygens (including phenoxy) is 2. The number of aliphatic hydroxyl groups is 1. The van der Waals surface area contributed by atoms with E-state index >= 15 is 0 Å². The molecule has 0 radical (unpaired) electrons. The van der Waals surface area contributed by atoms with Gasteiger partial charge in [-0.3, -0.25) is 9.59 Å². The Hall–Kier alpha value is -4.48. The zero-order valence-electron chi connectivity index (χ0n) is 26.4. The maximum atomic E-state index is 12.4. The van der Waals surface area contributed by atoms with Crippen LogP contribution >= 0.6 is 11.8 Å². The third-order valence-corrected chi connectivity index (χ3v) is 9.39. The molecule has 4 aromatic rings. The lowest BCUT2D eigenvalue weighted by molar-refractivity contribution is -0.245. The van der Waals surface area contributed by atoms with E-state index in [0.717, 1.165) is 33.4 Å². The van der Waals surface area contributed by atoms with E-state index in [1.807, 2.05) is 78.9 Å². The van der Waals surface area contributed by atoms with E-state index in [4.69, 9.17) is 14.6 Å². The number of rotatable bonds is 15. The molecule has 4 aromatic carbocycles. The van der Waals surface area contributed by atoms with Crippen LogP contribution in [-0.4, -0.2) is 45.0 Å². The number of aromatic carboxylic acids is 1. The Morgan fingerprint density at radius 2 is 1.48 bits per heavy atom. The Kier molecular flexibility index (Phi) is 12.4. The van der Waals surface area contributed by atoms with E-state index in [2.05, 4.69) is 5.32 Å². The molecule has 3 atom stereocenters. The van der Waals surface area contributed by atoms with Crippen LogP contribution in [0.1, 0.15) is 77.1 Å². The van der Waals surface area contributed by atoms with Gasteiger partial charge in [0.2, 0.25) is 5.91 Å². The molecule has 48 heavy (non-hydrogen) atoms. The van der Waals surface area contributed by atoms with E-state index in [-0.39, 0.29) is 43.1 Å². The number of carboxylic acids is 2. The van der Waals surface area contributed by atoms with Crippen molar-refractivity contribution in [2.24, 2.45) is 0 Å². The average molecular weight is 670 g/mol. The van der Waals surface area contributed by atoms with Crippen molar-refractivity contribution in [2.45, 2.75) is 68.6 Å². The van der Waals surface area contributed by atoms with Gasteiger partial charge in [0.05, 0.1) is 24.4 Å². The highest BCUT2D eigenvalue weighted by atomic mass is 32.2. The zero-order chi connectivity index (χ0) is 33.9. The number of carboxylic acid groups (broad SMARTS) is 2. The summed E-state index contributed by atoms with van der Waals surface area (Å²) >= 11 is 1.45. The summed E-state index contributed by atoms with van der Waals surface area (Å²) in [4.78, 5) is 35.5. The topological polar surface area (TPSA) is 142 Å². The fourth-order valence-corrected chi connectivity index (χ4v) is 6.66. The lowest BCUT2D eigenvalue weighted by Gasteiger charge is -2.36. The van der Waals surface area contributed by atoms with Gasteiger partial charge in [0.25, 0.3) is 0 Å². The molecule has 1 aliphatic rings. The lowest BCUT2D eigenvalue weighted by Crippen LogP contribution is -2.31. The third-order valence-electron chi connectivity index (χ3n) is 8.19. The van der Waals surface area contributed by atoms with Crippen LogP contribution in [0.15, 0.2) is 102 Å². The summed E-state index contributed by atoms with van der Waals surface area (Å²) in [6, 6.07) is 30.4. The molecule has 0 aromatic heterocycles. The molecule has 250 valence electrons. The summed E-state index contributed by atoms with van der Waals surface area (Å²) < 4.78 is 13.0. The van der Waals surface area contributed by atoms with Crippen molar-refractivity contribution < 1.29 is 39.2 Å². The van der Waals surface area contributed by atoms with Crippen LogP contribution in [0.25, 0.3) is 11.1 Å². The molecule has 1 amide bonds. The highest BCUT2D eigenvalue weighted by molar-refractivity contribution is 7.99. The number of benzene rings is 4. The van der Waals surface area contributed by atoms with Crippen LogP contribution in [-0.2, 0) is 32.2 Å². The summed E-state index contributed by atoms with van der Waals surface area (Å²) in [5.74, 6) is -1.41. The standard InChI is InChI=1S/C38H39NO8S/c40-23-25-13-15-27(16-14-25)33-21-30(24-48-34-10-4-3-9-32(34)37(44)45)46-38(47-33)28-19-17-26(18-20-28)31-8-2-1-7-29(31)22-39-35(41)11-5-6-12-36(42)43/h1-4,7-10,13-20,30,33,38,40H,5-6,11-12,21-24H2,(H,39,41)(H,42,43)(H,44,45)/t30-,33+,38+/m1/s1.